The molecule has 0 aliphatic carbocycles. The number of aromatic nitrogens is 1. The van der Waals surface area contributed by atoms with E-state index in [4.69, 9.17) is 18.9 Å². The van der Waals surface area contributed by atoms with Gasteiger partial charge in [-0.1, -0.05) is 18.2 Å². The third-order valence-electron chi connectivity index (χ3n) is 5.18. The topological polar surface area (TPSA) is 123 Å². The van der Waals surface area contributed by atoms with Gasteiger partial charge in [0.15, 0.2) is 11.5 Å². The maximum atomic E-state index is 13.1. The minimum absolute atomic E-state index is 0.231. The number of carbonyl (C=O) groups excluding carboxylic acids is 2. The molecule has 3 rings (SSSR count). The lowest BCUT2D eigenvalue weighted by atomic mass is 10.0. The molecule has 10 nitrogen and oxygen atoms in total. The minimum Gasteiger partial charge on any atom is -0.493 e. The number of para-hydroxylation sites is 1. The molecule has 36 heavy (non-hydrogen) atoms. The van der Waals surface area contributed by atoms with E-state index in [1.165, 1.54) is 27.5 Å². The number of fused-ring (bicyclic) bond motifs is 1. The van der Waals surface area contributed by atoms with Gasteiger partial charge in [-0.15, -0.1) is 0 Å². The summed E-state index contributed by atoms with van der Waals surface area (Å²) in [6.45, 7) is 5.26. The van der Waals surface area contributed by atoms with Crippen molar-refractivity contribution in [3.05, 3.63) is 53.7 Å². The van der Waals surface area contributed by atoms with Gasteiger partial charge in [0, 0.05) is 29.1 Å². The monoisotopic (exact) mass is 496 g/mol. The van der Waals surface area contributed by atoms with Gasteiger partial charge in [0.25, 0.3) is 5.91 Å². The first-order valence-corrected chi connectivity index (χ1v) is 11.3. The van der Waals surface area contributed by atoms with Crippen molar-refractivity contribution >= 4 is 29.1 Å². The maximum absolute atomic E-state index is 13.1. The van der Waals surface area contributed by atoms with Crippen LogP contribution in [0, 0.1) is 0 Å². The average Bonchev–Trinajstić information content (AvgIpc) is 3.24. The number of rotatable bonds is 9. The molecule has 0 spiro atoms. The lowest BCUT2D eigenvalue weighted by molar-refractivity contribution is -0.123. The Bertz CT molecular complexity index is 1220. The molecule has 0 radical (unpaired) electrons. The summed E-state index contributed by atoms with van der Waals surface area (Å²) in [5.41, 5.74) is 4.20. The smallest absolute Gasteiger partial charge is 0.408 e. The zero-order valence-electron chi connectivity index (χ0n) is 21.3. The summed E-state index contributed by atoms with van der Waals surface area (Å²) in [5.74, 6) is 0.846. The molecular formula is C26H32N4O6. The van der Waals surface area contributed by atoms with Gasteiger partial charge in [0.1, 0.15) is 11.6 Å². The SMILES string of the molecule is COc1cc(/C=N/NC(=O)[C@H](Cc2c[nH]c3ccccc23)NC(=O)OC(C)(C)C)cc(OC)c1OC. The molecule has 192 valence electrons. The van der Waals surface area contributed by atoms with Crippen LogP contribution in [0.15, 0.2) is 47.7 Å². The van der Waals surface area contributed by atoms with E-state index < -0.39 is 23.6 Å². The third-order valence-corrected chi connectivity index (χ3v) is 5.18. The van der Waals surface area contributed by atoms with E-state index in [-0.39, 0.29) is 6.42 Å². The van der Waals surface area contributed by atoms with Gasteiger partial charge < -0.3 is 29.2 Å². The van der Waals surface area contributed by atoms with Crippen molar-refractivity contribution < 1.29 is 28.5 Å². The summed E-state index contributed by atoms with van der Waals surface area (Å²) < 4.78 is 21.4. The van der Waals surface area contributed by atoms with Gasteiger partial charge in [-0.25, -0.2) is 10.2 Å². The van der Waals surface area contributed by atoms with Crippen molar-refractivity contribution in [2.75, 3.05) is 21.3 Å². The second-order valence-electron chi connectivity index (χ2n) is 8.96. The predicted molar refractivity (Wildman–Crippen MR) is 137 cm³/mol. The van der Waals surface area contributed by atoms with Gasteiger partial charge in [-0.05, 0) is 44.5 Å². The molecule has 1 atom stereocenters. The summed E-state index contributed by atoms with van der Waals surface area (Å²) in [5, 5.41) is 7.69. The van der Waals surface area contributed by atoms with Crippen molar-refractivity contribution in [3.63, 3.8) is 0 Å². The molecule has 1 heterocycles. The van der Waals surface area contributed by atoms with Gasteiger partial charge in [0.05, 0.1) is 27.5 Å². The average molecular weight is 497 g/mol. The van der Waals surface area contributed by atoms with Gasteiger partial charge in [0.2, 0.25) is 5.75 Å². The summed E-state index contributed by atoms with van der Waals surface area (Å²) in [6.07, 6.45) is 2.80. The number of benzene rings is 2. The van der Waals surface area contributed by atoms with Crippen molar-refractivity contribution in [2.24, 2.45) is 5.10 Å². The number of nitrogens with zero attached hydrogens (tertiary/aromatic N) is 1. The Morgan fingerprint density at radius 3 is 2.33 bits per heavy atom. The molecule has 0 aliphatic heterocycles. The summed E-state index contributed by atoms with van der Waals surface area (Å²) >= 11 is 0. The highest BCUT2D eigenvalue weighted by Gasteiger charge is 2.25. The van der Waals surface area contributed by atoms with Crippen LogP contribution in [0.4, 0.5) is 4.79 Å². The number of carbonyl (C=O) groups is 2. The number of aromatic amines is 1. The van der Waals surface area contributed by atoms with Crippen LogP contribution in [-0.2, 0) is 16.0 Å². The number of ether oxygens (including phenoxy) is 4. The summed E-state index contributed by atoms with van der Waals surface area (Å²) in [4.78, 5) is 28.7. The van der Waals surface area contributed by atoms with E-state index in [1.807, 2.05) is 30.5 Å². The third kappa shape index (κ3) is 6.68. The molecule has 0 aliphatic rings. The predicted octanol–water partition coefficient (Wildman–Crippen LogP) is 3.78. The van der Waals surface area contributed by atoms with Crippen LogP contribution in [0.5, 0.6) is 17.2 Å². The Hall–Kier alpha value is -4.21. The zero-order valence-corrected chi connectivity index (χ0v) is 21.3. The van der Waals surface area contributed by atoms with E-state index in [0.29, 0.717) is 22.8 Å². The fourth-order valence-electron chi connectivity index (χ4n) is 3.60. The number of hydrazone groups is 1. The largest absolute Gasteiger partial charge is 0.493 e. The Kier molecular flexibility index (Phi) is 8.42. The second kappa shape index (κ2) is 11.5. The lowest BCUT2D eigenvalue weighted by Gasteiger charge is -2.22. The van der Waals surface area contributed by atoms with Crippen LogP contribution >= 0.6 is 0 Å². The van der Waals surface area contributed by atoms with Crippen molar-refractivity contribution in [1.82, 2.24) is 15.7 Å². The fraction of sp³-hybridized carbons (Fsp3) is 0.346. The second-order valence-corrected chi connectivity index (χ2v) is 8.96. The highest BCUT2D eigenvalue weighted by atomic mass is 16.6. The summed E-state index contributed by atoms with van der Waals surface area (Å²) in [6, 6.07) is 10.2. The number of alkyl carbamates (subject to hydrolysis) is 1. The van der Waals surface area contributed by atoms with Gasteiger partial charge in [-0.3, -0.25) is 4.79 Å². The number of hydrogen-bond acceptors (Lipinski definition) is 7. The molecule has 3 aromatic rings. The quantitative estimate of drug-likeness (QED) is 0.306. The van der Waals surface area contributed by atoms with E-state index in [0.717, 1.165) is 16.5 Å². The lowest BCUT2D eigenvalue weighted by Crippen LogP contribution is -2.48. The molecule has 2 amide bonds. The van der Waals surface area contributed by atoms with Crippen molar-refractivity contribution in [1.29, 1.82) is 0 Å². The Morgan fingerprint density at radius 2 is 1.72 bits per heavy atom. The van der Waals surface area contributed by atoms with Crippen LogP contribution in [0.25, 0.3) is 10.9 Å². The zero-order chi connectivity index (χ0) is 26.3. The Labute approximate surface area is 210 Å². The fourth-order valence-corrected chi connectivity index (χ4v) is 3.60. The minimum atomic E-state index is -0.934. The van der Waals surface area contributed by atoms with E-state index in [2.05, 4.69) is 20.8 Å². The normalized spacial score (nSPS) is 12.3. The molecule has 1 aromatic heterocycles. The number of nitrogens with one attached hydrogen (secondary N) is 3. The Balaban J connectivity index is 1.79. The highest BCUT2D eigenvalue weighted by Crippen LogP contribution is 2.37. The molecule has 3 N–H and O–H groups in total. The standard InChI is InChI=1S/C26H32N4O6/c1-26(2,3)36-25(32)29-20(13-17-15-27-19-10-8-7-9-18(17)19)24(31)30-28-14-16-11-21(33-4)23(35-6)22(12-16)34-5/h7-12,14-15,20,27H,13H2,1-6H3,(H,29,32)(H,30,31)/b28-14+/t20-/m0/s1. The van der Waals surface area contributed by atoms with Crippen LogP contribution in [-0.4, -0.2) is 56.2 Å². The van der Waals surface area contributed by atoms with Crippen LogP contribution in [0.2, 0.25) is 0 Å². The van der Waals surface area contributed by atoms with Gasteiger partial charge >= 0.3 is 6.09 Å². The first-order chi connectivity index (χ1) is 17.1. The first-order valence-electron chi connectivity index (χ1n) is 11.3. The van der Waals surface area contributed by atoms with Crippen LogP contribution in [0.3, 0.4) is 0 Å². The molecule has 0 unspecified atom stereocenters. The summed E-state index contributed by atoms with van der Waals surface area (Å²) in [7, 11) is 4.54. The number of hydrogen-bond donors (Lipinski definition) is 3. The van der Waals surface area contributed by atoms with E-state index in [9.17, 15) is 9.59 Å². The highest BCUT2D eigenvalue weighted by molar-refractivity contribution is 5.89. The maximum Gasteiger partial charge on any atom is 0.408 e. The van der Waals surface area contributed by atoms with Crippen LogP contribution in [0.1, 0.15) is 31.9 Å². The van der Waals surface area contributed by atoms with Crippen molar-refractivity contribution in [3.8, 4) is 17.2 Å². The van der Waals surface area contributed by atoms with Crippen LogP contribution < -0.4 is 25.0 Å². The molecule has 0 fully saturated rings. The number of methoxy groups -OCH3 is 3. The van der Waals surface area contributed by atoms with E-state index >= 15 is 0 Å². The van der Waals surface area contributed by atoms with E-state index in [1.54, 1.807) is 32.9 Å². The molecule has 2 aromatic carbocycles. The number of H-pyrrole nitrogens is 1. The molecular weight excluding hydrogens is 464 g/mol. The molecule has 0 bridgehead atoms. The molecule has 10 heteroatoms. The first kappa shape index (κ1) is 26.4. The molecule has 0 saturated carbocycles. The Morgan fingerprint density at radius 1 is 1.06 bits per heavy atom. The van der Waals surface area contributed by atoms with Crippen molar-refractivity contribution in [2.45, 2.75) is 38.8 Å². The van der Waals surface area contributed by atoms with Gasteiger partial charge in [-0.2, -0.15) is 5.10 Å². The molecule has 0 saturated heterocycles. The number of amides is 2.